The first-order chi connectivity index (χ1) is 11.2. The molecule has 2 aliphatic rings. The van der Waals surface area contributed by atoms with Crippen LogP contribution in [0.5, 0.6) is 0 Å². The van der Waals surface area contributed by atoms with Crippen molar-refractivity contribution in [2.45, 2.75) is 51.1 Å². The van der Waals surface area contributed by atoms with Gasteiger partial charge in [-0.15, -0.1) is 0 Å². The molecule has 2 N–H and O–H groups in total. The first-order valence-electron chi connectivity index (χ1n) is 8.26. The molecular formula is C15H24N2O6S. The highest BCUT2D eigenvalue weighted by Crippen LogP contribution is 2.26. The molecule has 2 saturated heterocycles. The van der Waals surface area contributed by atoms with Crippen molar-refractivity contribution in [3.63, 3.8) is 0 Å². The Morgan fingerprint density at radius 3 is 2.67 bits per heavy atom. The van der Waals surface area contributed by atoms with Gasteiger partial charge in [0.2, 0.25) is 11.8 Å². The average Bonchev–Trinajstić information content (AvgIpc) is 3.05. The summed E-state index contributed by atoms with van der Waals surface area (Å²) in [5.74, 6) is -2.38. The van der Waals surface area contributed by atoms with Crippen LogP contribution in [-0.2, 0) is 24.2 Å². The molecule has 2 amide bonds. The fourth-order valence-corrected chi connectivity index (χ4v) is 4.97. The van der Waals surface area contributed by atoms with E-state index in [9.17, 15) is 22.8 Å². The highest BCUT2D eigenvalue weighted by Gasteiger charge is 2.42. The summed E-state index contributed by atoms with van der Waals surface area (Å²) in [4.78, 5) is 37.1. The Kier molecular flexibility index (Phi) is 5.84. The number of hydrogen-bond donors (Lipinski definition) is 2. The molecule has 0 aliphatic carbocycles. The largest absolute Gasteiger partial charge is 0.480 e. The van der Waals surface area contributed by atoms with Crippen molar-refractivity contribution in [2.24, 2.45) is 5.92 Å². The zero-order valence-electron chi connectivity index (χ0n) is 13.7. The van der Waals surface area contributed by atoms with E-state index in [4.69, 9.17) is 5.11 Å². The van der Waals surface area contributed by atoms with Gasteiger partial charge >= 0.3 is 5.97 Å². The van der Waals surface area contributed by atoms with Crippen molar-refractivity contribution in [2.75, 3.05) is 18.1 Å². The van der Waals surface area contributed by atoms with E-state index in [1.165, 1.54) is 4.90 Å². The Morgan fingerprint density at radius 1 is 1.42 bits per heavy atom. The zero-order valence-corrected chi connectivity index (χ0v) is 14.5. The normalized spacial score (nSPS) is 27.2. The highest BCUT2D eigenvalue weighted by atomic mass is 32.2. The summed E-state index contributed by atoms with van der Waals surface area (Å²) >= 11 is 0. The number of carbonyl (C=O) groups excluding carboxylic acids is 2. The van der Waals surface area contributed by atoms with E-state index >= 15 is 0 Å². The van der Waals surface area contributed by atoms with Crippen LogP contribution < -0.4 is 5.32 Å². The van der Waals surface area contributed by atoms with Gasteiger partial charge in [-0.3, -0.25) is 9.59 Å². The van der Waals surface area contributed by atoms with Gasteiger partial charge in [0.15, 0.2) is 9.84 Å². The summed E-state index contributed by atoms with van der Waals surface area (Å²) < 4.78 is 23.1. The van der Waals surface area contributed by atoms with Crippen molar-refractivity contribution < 1.29 is 27.9 Å². The van der Waals surface area contributed by atoms with Crippen LogP contribution in [0.2, 0.25) is 0 Å². The van der Waals surface area contributed by atoms with Gasteiger partial charge in [0.25, 0.3) is 0 Å². The second-order valence-corrected chi connectivity index (χ2v) is 8.77. The topological polar surface area (TPSA) is 121 Å². The lowest BCUT2D eigenvalue weighted by atomic mass is 10.1. The van der Waals surface area contributed by atoms with E-state index in [1.54, 1.807) is 0 Å². The van der Waals surface area contributed by atoms with Gasteiger partial charge in [-0.1, -0.05) is 19.8 Å². The van der Waals surface area contributed by atoms with Gasteiger partial charge < -0.3 is 15.3 Å². The lowest BCUT2D eigenvalue weighted by molar-refractivity contribution is -0.142. The summed E-state index contributed by atoms with van der Waals surface area (Å²) in [6.45, 7) is 2.09. The predicted molar refractivity (Wildman–Crippen MR) is 86.0 cm³/mol. The van der Waals surface area contributed by atoms with E-state index in [0.29, 0.717) is 19.3 Å². The lowest BCUT2D eigenvalue weighted by Gasteiger charge is -2.23. The summed E-state index contributed by atoms with van der Waals surface area (Å²) in [7, 11) is -3.11. The van der Waals surface area contributed by atoms with Gasteiger partial charge in [0.05, 0.1) is 17.4 Å². The maximum absolute atomic E-state index is 12.3. The number of aliphatic carboxylic acids is 1. The lowest BCUT2D eigenvalue weighted by Crippen LogP contribution is -2.44. The molecule has 0 radical (unpaired) electrons. The minimum atomic E-state index is -3.11. The first-order valence-corrected chi connectivity index (χ1v) is 10.1. The van der Waals surface area contributed by atoms with Crippen LogP contribution in [0.4, 0.5) is 0 Å². The van der Waals surface area contributed by atoms with Gasteiger partial charge in [0.1, 0.15) is 6.04 Å². The minimum Gasteiger partial charge on any atom is -0.480 e. The molecule has 0 bridgehead atoms. The Balaban J connectivity index is 1.94. The molecule has 0 saturated carbocycles. The number of hydrogen-bond acceptors (Lipinski definition) is 5. The summed E-state index contributed by atoms with van der Waals surface area (Å²) in [5, 5.41) is 11.7. The van der Waals surface area contributed by atoms with Crippen molar-refractivity contribution in [3.8, 4) is 0 Å². The maximum Gasteiger partial charge on any atom is 0.326 e. The molecule has 2 rings (SSSR count). The van der Waals surface area contributed by atoms with Crippen LogP contribution in [0.15, 0.2) is 0 Å². The Morgan fingerprint density at radius 2 is 2.12 bits per heavy atom. The smallest absolute Gasteiger partial charge is 0.326 e. The van der Waals surface area contributed by atoms with Crippen LogP contribution in [0.25, 0.3) is 0 Å². The van der Waals surface area contributed by atoms with E-state index in [0.717, 1.165) is 6.42 Å². The fraction of sp³-hybridized carbons (Fsp3) is 0.800. The van der Waals surface area contributed by atoms with E-state index in [-0.39, 0.29) is 36.4 Å². The van der Waals surface area contributed by atoms with Crippen LogP contribution in [-0.4, -0.2) is 66.3 Å². The third-order valence-electron chi connectivity index (χ3n) is 4.64. The molecule has 0 spiro atoms. The number of nitrogens with zero attached hydrogens (tertiary/aromatic N) is 1. The standard InChI is InChI=1S/C15H24N2O6S/c1-2-3-4-12(15(20)21)16-14(19)10-7-13(18)17(8-10)11-5-6-24(22,23)9-11/h10-12H,2-9H2,1H3,(H,16,19)(H,20,21)/t10?,11?,12-/m0/s1. The molecule has 8 nitrogen and oxygen atoms in total. The van der Waals surface area contributed by atoms with Crippen molar-refractivity contribution in [1.29, 1.82) is 0 Å². The molecule has 9 heteroatoms. The van der Waals surface area contributed by atoms with Crippen molar-refractivity contribution in [3.05, 3.63) is 0 Å². The Labute approximate surface area is 141 Å². The average molecular weight is 360 g/mol. The third kappa shape index (κ3) is 4.46. The predicted octanol–water partition coefficient (Wildman–Crippen LogP) is -0.218. The quantitative estimate of drug-likeness (QED) is 0.647. The van der Waals surface area contributed by atoms with Crippen LogP contribution in [0.3, 0.4) is 0 Å². The van der Waals surface area contributed by atoms with Crippen LogP contribution in [0.1, 0.15) is 39.0 Å². The molecule has 2 aliphatic heterocycles. The maximum atomic E-state index is 12.3. The second kappa shape index (κ2) is 7.50. The molecule has 24 heavy (non-hydrogen) atoms. The summed E-state index contributed by atoms with van der Waals surface area (Å²) in [6.07, 6.45) is 2.26. The number of carboxylic acid groups (broad SMARTS) is 1. The van der Waals surface area contributed by atoms with E-state index in [1.807, 2.05) is 6.92 Å². The minimum absolute atomic E-state index is 0.00248. The molecule has 0 aromatic carbocycles. The number of carboxylic acids is 1. The van der Waals surface area contributed by atoms with Gasteiger partial charge in [-0.2, -0.15) is 0 Å². The number of rotatable bonds is 7. The SMILES string of the molecule is CCCC[C@H](NC(=O)C1CC(=O)N(C2CCS(=O)(=O)C2)C1)C(=O)O. The van der Waals surface area contributed by atoms with E-state index in [2.05, 4.69) is 5.32 Å². The highest BCUT2D eigenvalue weighted by molar-refractivity contribution is 7.91. The third-order valence-corrected chi connectivity index (χ3v) is 6.39. The number of likely N-dealkylation sites (tertiary alicyclic amines) is 1. The molecule has 136 valence electrons. The first kappa shape index (κ1) is 18.7. The van der Waals surface area contributed by atoms with Crippen molar-refractivity contribution >= 4 is 27.6 Å². The molecular weight excluding hydrogens is 336 g/mol. The van der Waals surface area contributed by atoms with E-state index < -0.39 is 33.7 Å². The van der Waals surface area contributed by atoms with Crippen molar-refractivity contribution in [1.82, 2.24) is 10.2 Å². The molecule has 3 atom stereocenters. The zero-order chi connectivity index (χ0) is 17.9. The van der Waals surface area contributed by atoms with Gasteiger partial charge in [-0.05, 0) is 12.8 Å². The Hall–Kier alpha value is -1.64. The molecule has 0 aromatic rings. The number of carbonyl (C=O) groups is 3. The van der Waals surface area contributed by atoms with Gasteiger partial charge in [0, 0.05) is 19.0 Å². The molecule has 2 unspecified atom stereocenters. The molecule has 2 fully saturated rings. The second-order valence-electron chi connectivity index (χ2n) is 6.55. The number of sulfone groups is 1. The van der Waals surface area contributed by atoms with Gasteiger partial charge in [-0.25, -0.2) is 13.2 Å². The summed E-state index contributed by atoms with van der Waals surface area (Å²) in [6, 6.07) is -1.32. The van der Waals surface area contributed by atoms with Crippen LogP contribution in [0, 0.1) is 5.92 Å². The Bertz CT molecular complexity index is 617. The number of unbranched alkanes of at least 4 members (excludes halogenated alkanes) is 1. The number of nitrogens with one attached hydrogen (secondary N) is 1. The van der Waals surface area contributed by atoms with Crippen LogP contribution >= 0.6 is 0 Å². The number of amides is 2. The fourth-order valence-electron chi connectivity index (χ4n) is 3.24. The molecule has 2 heterocycles. The summed E-state index contributed by atoms with van der Waals surface area (Å²) in [5.41, 5.74) is 0. The molecule has 0 aromatic heterocycles. The monoisotopic (exact) mass is 360 g/mol.